The standard InChI is InChI=1S/C14H22N4S/c1-4-12-7-15-14(2,3)10-18(12)9-11-8-17-5-6-19-13(17)16-11/h5-6,8,12,15H,4,7,9-10H2,1-3H3. The summed E-state index contributed by atoms with van der Waals surface area (Å²) >= 11 is 1.70. The minimum absolute atomic E-state index is 0.197. The lowest BCUT2D eigenvalue weighted by atomic mass is 9.97. The minimum Gasteiger partial charge on any atom is -0.309 e. The van der Waals surface area contributed by atoms with Crippen LogP contribution < -0.4 is 5.32 Å². The van der Waals surface area contributed by atoms with Crippen LogP contribution in [-0.4, -0.2) is 39.0 Å². The molecule has 0 aromatic carbocycles. The van der Waals surface area contributed by atoms with E-state index in [0.717, 1.165) is 24.6 Å². The third-order valence-corrected chi connectivity index (χ3v) is 4.68. The quantitative estimate of drug-likeness (QED) is 0.935. The Morgan fingerprint density at radius 3 is 3.11 bits per heavy atom. The van der Waals surface area contributed by atoms with Crippen LogP contribution in [0.1, 0.15) is 32.9 Å². The zero-order valence-corrected chi connectivity index (χ0v) is 12.7. The lowest BCUT2D eigenvalue weighted by Crippen LogP contribution is -2.61. The average Bonchev–Trinajstić information content (AvgIpc) is 2.88. The van der Waals surface area contributed by atoms with Gasteiger partial charge in [-0.05, 0) is 20.3 Å². The fraction of sp³-hybridized carbons (Fsp3) is 0.643. The molecule has 0 radical (unpaired) electrons. The van der Waals surface area contributed by atoms with Crippen molar-refractivity contribution in [2.75, 3.05) is 13.1 Å². The van der Waals surface area contributed by atoms with Crippen LogP contribution in [0.3, 0.4) is 0 Å². The average molecular weight is 278 g/mol. The summed E-state index contributed by atoms with van der Waals surface area (Å²) in [5.41, 5.74) is 1.38. The summed E-state index contributed by atoms with van der Waals surface area (Å²) in [6, 6.07) is 0.618. The van der Waals surface area contributed by atoms with E-state index in [9.17, 15) is 0 Å². The van der Waals surface area contributed by atoms with E-state index in [2.05, 4.69) is 53.2 Å². The fourth-order valence-corrected chi connectivity index (χ4v) is 3.58. The Morgan fingerprint density at radius 1 is 1.53 bits per heavy atom. The lowest BCUT2D eigenvalue weighted by Gasteiger charge is -2.44. The van der Waals surface area contributed by atoms with Gasteiger partial charge in [-0.25, -0.2) is 4.98 Å². The van der Waals surface area contributed by atoms with Gasteiger partial charge in [0.25, 0.3) is 0 Å². The molecule has 1 fully saturated rings. The maximum Gasteiger partial charge on any atom is 0.193 e. The highest BCUT2D eigenvalue weighted by Crippen LogP contribution is 2.20. The molecule has 1 N–H and O–H groups in total. The van der Waals surface area contributed by atoms with Gasteiger partial charge in [-0.1, -0.05) is 6.92 Å². The summed E-state index contributed by atoms with van der Waals surface area (Å²) in [7, 11) is 0. The van der Waals surface area contributed by atoms with Crippen LogP contribution in [0.4, 0.5) is 0 Å². The minimum atomic E-state index is 0.197. The Bertz CT molecular complexity index is 528. The molecule has 19 heavy (non-hydrogen) atoms. The zero-order chi connectivity index (χ0) is 13.5. The van der Waals surface area contributed by atoms with E-state index in [4.69, 9.17) is 4.98 Å². The van der Waals surface area contributed by atoms with Gasteiger partial charge in [0.05, 0.1) is 5.69 Å². The maximum absolute atomic E-state index is 4.70. The van der Waals surface area contributed by atoms with Crippen LogP contribution in [0.25, 0.3) is 4.96 Å². The highest BCUT2D eigenvalue weighted by Gasteiger charge is 2.31. The number of nitrogens with zero attached hydrogens (tertiary/aromatic N) is 3. The topological polar surface area (TPSA) is 32.6 Å². The highest BCUT2D eigenvalue weighted by atomic mass is 32.1. The van der Waals surface area contributed by atoms with Crippen molar-refractivity contribution < 1.29 is 0 Å². The second-order valence-electron chi connectivity index (χ2n) is 6.06. The van der Waals surface area contributed by atoms with Gasteiger partial charge in [-0.2, -0.15) is 0 Å². The Balaban J connectivity index is 1.77. The Kier molecular flexibility index (Phi) is 3.37. The van der Waals surface area contributed by atoms with Crippen LogP contribution in [-0.2, 0) is 6.54 Å². The number of nitrogens with one attached hydrogen (secondary N) is 1. The molecule has 3 heterocycles. The van der Waals surface area contributed by atoms with Crippen molar-refractivity contribution >= 4 is 16.3 Å². The van der Waals surface area contributed by atoms with Crippen molar-refractivity contribution in [1.82, 2.24) is 19.6 Å². The third kappa shape index (κ3) is 2.68. The molecule has 1 atom stereocenters. The number of aromatic nitrogens is 2. The van der Waals surface area contributed by atoms with Crippen LogP contribution in [0.5, 0.6) is 0 Å². The molecule has 1 aliphatic rings. The molecule has 1 aliphatic heterocycles. The van der Waals surface area contributed by atoms with E-state index >= 15 is 0 Å². The molecule has 1 unspecified atom stereocenters. The molecule has 3 rings (SSSR count). The summed E-state index contributed by atoms with van der Waals surface area (Å²) < 4.78 is 2.12. The number of thiazole rings is 1. The first kappa shape index (κ1) is 13.1. The molecule has 0 aliphatic carbocycles. The smallest absolute Gasteiger partial charge is 0.193 e. The fourth-order valence-electron chi connectivity index (χ4n) is 2.86. The molecule has 0 saturated carbocycles. The third-order valence-electron chi connectivity index (χ3n) is 3.91. The molecule has 104 valence electrons. The van der Waals surface area contributed by atoms with Crippen molar-refractivity contribution in [1.29, 1.82) is 0 Å². The predicted molar refractivity (Wildman–Crippen MR) is 79.6 cm³/mol. The lowest BCUT2D eigenvalue weighted by molar-refractivity contribution is 0.0848. The number of hydrogen-bond donors (Lipinski definition) is 1. The number of fused-ring (bicyclic) bond motifs is 1. The molecule has 5 heteroatoms. The molecule has 4 nitrogen and oxygen atoms in total. The van der Waals surface area contributed by atoms with E-state index in [1.807, 2.05) is 0 Å². The Labute approximate surface area is 118 Å². The molecular weight excluding hydrogens is 256 g/mol. The largest absolute Gasteiger partial charge is 0.309 e. The van der Waals surface area contributed by atoms with Gasteiger partial charge in [0.2, 0.25) is 0 Å². The van der Waals surface area contributed by atoms with Crippen molar-refractivity contribution in [3.05, 3.63) is 23.5 Å². The normalized spacial score (nSPS) is 24.1. The Hall–Kier alpha value is -0.910. The summed E-state index contributed by atoms with van der Waals surface area (Å²) in [4.78, 5) is 8.37. The van der Waals surface area contributed by atoms with E-state index in [1.165, 1.54) is 12.1 Å². The van der Waals surface area contributed by atoms with Crippen molar-refractivity contribution in [2.45, 2.75) is 45.3 Å². The van der Waals surface area contributed by atoms with Crippen LogP contribution >= 0.6 is 11.3 Å². The Morgan fingerprint density at radius 2 is 2.37 bits per heavy atom. The van der Waals surface area contributed by atoms with Crippen LogP contribution in [0, 0.1) is 0 Å². The molecule has 2 aromatic heterocycles. The number of rotatable bonds is 3. The van der Waals surface area contributed by atoms with Gasteiger partial charge in [0, 0.05) is 49.0 Å². The van der Waals surface area contributed by atoms with Gasteiger partial charge < -0.3 is 5.32 Å². The SMILES string of the molecule is CCC1CNC(C)(C)CN1Cc1cn2ccsc2n1. The first-order valence-electron chi connectivity index (χ1n) is 6.97. The summed E-state index contributed by atoms with van der Waals surface area (Å²) in [6.07, 6.45) is 5.42. The summed E-state index contributed by atoms with van der Waals surface area (Å²) in [5.74, 6) is 0. The summed E-state index contributed by atoms with van der Waals surface area (Å²) in [5, 5.41) is 5.71. The number of hydrogen-bond acceptors (Lipinski definition) is 4. The second kappa shape index (κ2) is 4.89. The highest BCUT2D eigenvalue weighted by molar-refractivity contribution is 7.15. The zero-order valence-electron chi connectivity index (χ0n) is 11.9. The first-order valence-corrected chi connectivity index (χ1v) is 7.85. The van der Waals surface area contributed by atoms with Gasteiger partial charge in [-0.3, -0.25) is 9.30 Å². The summed E-state index contributed by atoms with van der Waals surface area (Å²) in [6.45, 7) is 9.93. The maximum atomic E-state index is 4.70. The van der Waals surface area contributed by atoms with Crippen molar-refractivity contribution in [3.8, 4) is 0 Å². The number of imidazole rings is 1. The van der Waals surface area contributed by atoms with Crippen molar-refractivity contribution in [2.24, 2.45) is 0 Å². The molecule has 0 amide bonds. The monoisotopic (exact) mass is 278 g/mol. The van der Waals surface area contributed by atoms with Gasteiger partial charge in [0.1, 0.15) is 0 Å². The van der Waals surface area contributed by atoms with Gasteiger partial charge in [0.15, 0.2) is 4.96 Å². The number of piperazine rings is 1. The first-order chi connectivity index (χ1) is 9.07. The molecule has 1 saturated heterocycles. The van der Waals surface area contributed by atoms with E-state index in [0.29, 0.717) is 6.04 Å². The van der Waals surface area contributed by atoms with Crippen molar-refractivity contribution in [3.63, 3.8) is 0 Å². The predicted octanol–water partition coefficient (Wildman–Crippen LogP) is 2.36. The van der Waals surface area contributed by atoms with Gasteiger partial charge >= 0.3 is 0 Å². The van der Waals surface area contributed by atoms with Gasteiger partial charge in [-0.15, -0.1) is 11.3 Å². The van der Waals surface area contributed by atoms with Crippen LogP contribution in [0.2, 0.25) is 0 Å². The van der Waals surface area contributed by atoms with Crippen LogP contribution in [0.15, 0.2) is 17.8 Å². The molecule has 0 bridgehead atoms. The van der Waals surface area contributed by atoms with E-state index in [1.54, 1.807) is 11.3 Å². The molecular formula is C14H22N4S. The molecule has 0 spiro atoms. The van der Waals surface area contributed by atoms with E-state index in [-0.39, 0.29) is 5.54 Å². The second-order valence-corrected chi connectivity index (χ2v) is 6.93. The molecule has 2 aromatic rings. The van der Waals surface area contributed by atoms with E-state index < -0.39 is 0 Å².